The molecule has 2 atom stereocenters. The van der Waals surface area contributed by atoms with Crippen molar-refractivity contribution in [3.05, 3.63) is 39.8 Å². The van der Waals surface area contributed by atoms with E-state index in [-0.39, 0.29) is 17.9 Å². The number of nitrogens with zero attached hydrogens (tertiary/aromatic N) is 1. The normalized spacial score (nSPS) is 19.9. The molecule has 2 unspecified atom stereocenters. The molecule has 3 rings (SSSR count). The second-order valence-corrected chi connectivity index (χ2v) is 5.95. The lowest BCUT2D eigenvalue weighted by Crippen LogP contribution is -2.27. The van der Waals surface area contributed by atoms with Gasteiger partial charge in [-0.3, -0.25) is 9.89 Å². The van der Waals surface area contributed by atoms with Crippen LogP contribution >= 0.6 is 11.3 Å². The molecule has 0 saturated carbocycles. The lowest BCUT2D eigenvalue weighted by atomic mass is 10.0. The quantitative estimate of drug-likeness (QED) is 0.909. The van der Waals surface area contributed by atoms with Gasteiger partial charge in [0.2, 0.25) is 0 Å². The van der Waals surface area contributed by atoms with Gasteiger partial charge in [0.05, 0.1) is 30.1 Å². The Kier molecular flexibility index (Phi) is 3.84. The average molecular weight is 291 g/mol. The first-order valence-corrected chi connectivity index (χ1v) is 7.59. The fourth-order valence-corrected chi connectivity index (χ4v) is 3.17. The molecule has 3 heterocycles. The van der Waals surface area contributed by atoms with E-state index in [1.54, 1.807) is 17.5 Å². The molecule has 2 aromatic heterocycles. The number of hydrogen-bond donors (Lipinski definition) is 2. The highest BCUT2D eigenvalue weighted by Crippen LogP contribution is 2.26. The van der Waals surface area contributed by atoms with Crippen molar-refractivity contribution in [3.63, 3.8) is 0 Å². The lowest BCUT2D eigenvalue weighted by Gasteiger charge is -2.13. The maximum absolute atomic E-state index is 12.4. The van der Waals surface area contributed by atoms with Crippen molar-refractivity contribution in [2.45, 2.75) is 25.3 Å². The third kappa shape index (κ3) is 2.62. The molecule has 2 aromatic rings. The van der Waals surface area contributed by atoms with Crippen LogP contribution in [0.25, 0.3) is 0 Å². The van der Waals surface area contributed by atoms with Crippen LogP contribution in [-0.4, -0.2) is 29.3 Å². The second kappa shape index (κ2) is 5.76. The van der Waals surface area contributed by atoms with Gasteiger partial charge < -0.3 is 10.1 Å². The predicted molar refractivity (Wildman–Crippen MR) is 77.0 cm³/mol. The fourth-order valence-electron chi connectivity index (χ4n) is 2.43. The lowest BCUT2D eigenvalue weighted by molar-refractivity contribution is 0.0939. The molecule has 1 amide bonds. The van der Waals surface area contributed by atoms with Crippen molar-refractivity contribution in [2.75, 3.05) is 13.2 Å². The van der Waals surface area contributed by atoms with Crippen LogP contribution < -0.4 is 5.32 Å². The van der Waals surface area contributed by atoms with E-state index in [9.17, 15) is 4.79 Å². The first-order valence-electron chi connectivity index (χ1n) is 6.71. The van der Waals surface area contributed by atoms with Crippen molar-refractivity contribution < 1.29 is 9.53 Å². The van der Waals surface area contributed by atoms with Crippen LogP contribution in [0.3, 0.4) is 0 Å². The van der Waals surface area contributed by atoms with Gasteiger partial charge in [0, 0.05) is 17.4 Å². The molecule has 1 aliphatic rings. The van der Waals surface area contributed by atoms with Crippen molar-refractivity contribution >= 4 is 17.2 Å². The summed E-state index contributed by atoms with van der Waals surface area (Å²) in [4.78, 5) is 13.5. The summed E-state index contributed by atoms with van der Waals surface area (Å²) in [5.41, 5.74) is 1.52. The molecule has 6 heteroatoms. The topological polar surface area (TPSA) is 67.0 Å². The maximum Gasteiger partial charge on any atom is 0.255 e. The van der Waals surface area contributed by atoms with E-state index >= 15 is 0 Å². The van der Waals surface area contributed by atoms with Gasteiger partial charge in [-0.25, -0.2) is 0 Å². The van der Waals surface area contributed by atoms with Crippen molar-refractivity contribution in [2.24, 2.45) is 0 Å². The van der Waals surface area contributed by atoms with Gasteiger partial charge in [0.15, 0.2) is 0 Å². The third-order valence-electron chi connectivity index (χ3n) is 3.57. The standard InChI is InChI=1S/C14H17N3O2S/c1-9(12-3-2-6-20-12)16-14(18)11-7-15-17-13(11)10-4-5-19-8-10/h2-3,6-7,9-10H,4-5,8H2,1H3,(H,15,17)(H,16,18). The molecule has 0 bridgehead atoms. The van der Waals surface area contributed by atoms with Crippen molar-refractivity contribution in [1.29, 1.82) is 0 Å². The second-order valence-electron chi connectivity index (χ2n) is 4.97. The van der Waals surface area contributed by atoms with Crippen LogP contribution in [0.2, 0.25) is 0 Å². The van der Waals surface area contributed by atoms with Gasteiger partial charge in [0.1, 0.15) is 0 Å². The number of aromatic amines is 1. The Labute approximate surface area is 121 Å². The third-order valence-corrected chi connectivity index (χ3v) is 4.62. The van der Waals surface area contributed by atoms with Gasteiger partial charge in [-0.15, -0.1) is 11.3 Å². The molecule has 0 aromatic carbocycles. The predicted octanol–water partition coefficient (Wildman–Crippen LogP) is 2.47. The van der Waals surface area contributed by atoms with E-state index in [1.165, 1.54) is 0 Å². The Morgan fingerprint density at radius 3 is 3.25 bits per heavy atom. The van der Waals surface area contributed by atoms with E-state index in [0.717, 1.165) is 23.6 Å². The van der Waals surface area contributed by atoms with Crippen LogP contribution in [0.4, 0.5) is 0 Å². The number of thiophene rings is 1. The highest BCUT2D eigenvalue weighted by molar-refractivity contribution is 7.10. The Bertz CT molecular complexity index is 573. The number of amides is 1. The zero-order chi connectivity index (χ0) is 13.9. The van der Waals surface area contributed by atoms with Gasteiger partial charge >= 0.3 is 0 Å². The number of aromatic nitrogens is 2. The molecule has 0 spiro atoms. The summed E-state index contributed by atoms with van der Waals surface area (Å²) in [6, 6.07) is 4.02. The van der Waals surface area contributed by atoms with E-state index < -0.39 is 0 Å². The summed E-state index contributed by atoms with van der Waals surface area (Å²) in [6.45, 7) is 3.39. The molecule has 0 aliphatic carbocycles. The monoisotopic (exact) mass is 291 g/mol. The molecule has 0 radical (unpaired) electrons. The molecule has 20 heavy (non-hydrogen) atoms. The summed E-state index contributed by atoms with van der Waals surface area (Å²) < 4.78 is 5.38. The number of rotatable bonds is 4. The van der Waals surface area contributed by atoms with Crippen LogP contribution in [0.15, 0.2) is 23.7 Å². The van der Waals surface area contributed by atoms with Crippen molar-refractivity contribution in [3.8, 4) is 0 Å². The summed E-state index contributed by atoms with van der Waals surface area (Å²) in [7, 11) is 0. The number of carbonyl (C=O) groups excluding carboxylic acids is 1. The molecule has 2 N–H and O–H groups in total. The van der Waals surface area contributed by atoms with Gasteiger partial charge in [-0.05, 0) is 24.8 Å². The highest BCUT2D eigenvalue weighted by Gasteiger charge is 2.25. The Balaban J connectivity index is 1.72. The minimum atomic E-state index is -0.0819. The number of H-pyrrole nitrogens is 1. The molecule has 1 aliphatic heterocycles. The maximum atomic E-state index is 12.4. The summed E-state index contributed by atoms with van der Waals surface area (Å²) in [6.07, 6.45) is 2.53. The number of ether oxygens (including phenoxy) is 1. The van der Waals surface area contributed by atoms with E-state index in [1.807, 2.05) is 24.4 Å². The minimum Gasteiger partial charge on any atom is -0.381 e. The van der Waals surface area contributed by atoms with Crippen LogP contribution in [0.1, 0.15) is 46.2 Å². The van der Waals surface area contributed by atoms with Gasteiger partial charge in [0.25, 0.3) is 5.91 Å². The Morgan fingerprint density at radius 1 is 1.65 bits per heavy atom. The Morgan fingerprint density at radius 2 is 2.55 bits per heavy atom. The van der Waals surface area contributed by atoms with Crippen LogP contribution in [-0.2, 0) is 4.74 Å². The highest BCUT2D eigenvalue weighted by atomic mass is 32.1. The molecule has 1 saturated heterocycles. The van der Waals surface area contributed by atoms with Crippen LogP contribution in [0.5, 0.6) is 0 Å². The van der Waals surface area contributed by atoms with Crippen molar-refractivity contribution in [1.82, 2.24) is 15.5 Å². The Hall–Kier alpha value is -1.66. The van der Waals surface area contributed by atoms with Crippen LogP contribution in [0, 0.1) is 0 Å². The summed E-state index contributed by atoms with van der Waals surface area (Å²) >= 11 is 1.64. The van der Waals surface area contributed by atoms with Gasteiger partial charge in [-0.2, -0.15) is 5.10 Å². The fraction of sp³-hybridized carbons (Fsp3) is 0.429. The average Bonchev–Trinajstić information content (AvgIpc) is 3.19. The first kappa shape index (κ1) is 13.3. The summed E-state index contributed by atoms with van der Waals surface area (Å²) in [5.74, 6) is 0.164. The number of carbonyl (C=O) groups is 1. The van der Waals surface area contributed by atoms with Gasteiger partial charge in [-0.1, -0.05) is 6.07 Å². The number of hydrogen-bond acceptors (Lipinski definition) is 4. The van der Waals surface area contributed by atoms with E-state index in [0.29, 0.717) is 12.2 Å². The summed E-state index contributed by atoms with van der Waals surface area (Å²) in [5, 5.41) is 12.0. The molecular weight excluding hydrogens is 274 g/mol. The van der Waals surface area contributed by atoms with E-state index in [4.69, 9.17) is 4.74 Å². The minimum absolute atomic E-state index is 0.00470. The molecule has 106 valence electrons. The molecular formula is C14H17N3O2S. The first-order chi connectivity index (χ1) is 9.75. The number of nitrogens with one attached hydrogen (secondary N) is 2. The van der Waals surface area contributed by atoms with E-state index in [2.05, 4.69) is 15.5 Å². The largest absolute Gasteiger partial charge is 0.381 e. The smallest absolute Gasteiger partial charge is 0.255 e. The molecule has 1 fully saturated rings. The SMILES string of the molecule is CC(NC(=O)c1cn[nH]c1C1CCOC1)c1cccs1. The zero-order valence-electron chi connectivity index (χ0n) is 11.3. The molecule has 5 nitrogen and oxygen atoms in total. The zero-order valence-corrected chi connectivity index (χ0v) is 12.1.